The molecule has 0 unspecified atom stereocenters. The first-order valence-electron chi connectivity index (χ1n) is 10.00. The number of benzene rings is 2. The zero-order chi connectivity index (χ0) is 21.5. The molecule has 0 aromatic heterocycles. The van der Waals surface area contributed by atoms with E-state index < -0.39 is 0 Å². The van der Waals surface area contributed by atoms with Gasteiger partial charge in [-0.05, 0) is 62.2 Å². The molecule has 1 fully saturated rings. The van der Waals surface area contributed by atoms with E-state index >= 15 is 0 Å². The Morgan fingerprint density at radius 1 is 1.00 bits per heavy atom. The van der Waals surface area contributed by atoms with E-state index in [4.69, 9.17) is 14.2 Å². The van der Waals surface area contributed by atoms with E-state index in [0.29, 0.717) is 17.1 Å². The Hall–Kier alpha value is -3.22. The van der Waals surface area contributed by atoms with Gasteiger partial charge in [-0.15, -0.1) is 0 Å². The lowest BCUT2D eigenvalue weighted by atomic mass is 10.0. The van der Waals surface area contributed by atoms with Gasteiger partial charge in [0.05, 0.1) is 14.2 Å². The Balaban J connectivity index is 1.46. The number of hydrogen-bond donors (Lipinski definition) is 1. The van der Waals surface area contributed by atoms with Crippen LogP contribution in [0, 0.1) is 0 Å². The maximum atomic E-state index is 12.3. The van der Waals surface area contributed by atoms with E-state index in [1.165, 1.54) is 14.0 Å². The smallest absolute Gasteiger partial charge is 0.258 e. The Morgan fingerprint density at radius 3 is 2.30 bits per heavy atom. The molecular formula is C23H28N2O5. The molecule has 0 bridgehead atoms. The van der Waals surface area contributed by atoms with Crippen molar-refractivity contribution in [1.29, 1.82) is 0 Å². The Bertz CT molecular complexity index is 874. The molecule has 1 heterocycles. The van der Waals surface area contributed by atoms with Crippen LogP contribution in [0.5, 0.6) is 17.2 Å². The summed E-state index contributed by atoms with van der Waals surface area (Å²) in [6.07, 6.45) is 1.74. The van der Waals surface area contributed by atoms with Crippen LogP contribution < -0.4 is 24.4 Å². The summed E-state index contributed by atoms with van der Waals surface area (Å²) in [7, 11) is 3.16. The number of rotatable bonds is 8. The second-order valence-electron chi connectivity index (χ2n) is 7.24. The number of carbonyl (C=O) groups is 2. The number of hydrogen-bond acceptors (Lipinski definition) is 6. The Morgan fingerprint density at radius 2 is 1.70 bits per heavy atom. The van der Waals surface area contributed by atoms with Crippen LogP contribution in [0.4, 0.5) is 5.69 Å². The molecule has 2 aromatic carbocycles. The van der Waals surface area contributed by atoms with Crippen molar-refractivity contribution in [2.45, 2.75) is 25.8 Å². The fraction of sp³-hybridized carbons (Fsp3) is 0.391. The molecule has 1 saturated heterocycles. The number of Topliss-reactive ketones (excluding diaryl/α,β-unsaturated/α-hetero) is 1. The van der Waals surface area contributed by atoms with Crippen LogP contribution in [-0.2, 0) is 4.79 Å². The molecule has 0 atom stereocenters. The molecule has 30 heavy (non-hydrogen) atoms. The minimum absolute atomic E-state index is 0.0569. The summed E-state index contributed by atoms with van der Waals surface area (Å²) in [6.45, 7) is 3.13. The lowest BCUT2D eigenvalue weighted by Gasteiger charge is -2.34. The molecule has 0 aliphatic carbocycles. The second-order valence-corrected chi connectivity index (χ2v) is 7.24. The molecule has 1 aliphatic heterocycles. The number of methoxy groups -OCH3 is 2. The third-order valence-corrected chi connectivity index (χ3v) is 5.23. The van der Waals surface area contributed by atoms with Crippen LogP contribution in [-0.4, -0.2) is 51.6 Å². The second kappa shape index (κ2) is 10.0. The summed E-state index contributed by atoms with van der Waals surface area (Å²) in [5, 5.41) is 3.04. The number of nitrogens with zero attached hydrogens (tertiary/aromatic N) is 1. The predicted molar refractivity (Wildman–Crippen MR) is 115 cm³/mol. The summed E-state index contributed by atoms with van der Waals surface area (Å²) in [6, 6.07) is 13.1. The summed E-state index contributed by atoms with van der Waals surface area (Å²) in [5.74, 6) is 1.48. The molecule has 1 amide bonds. The minimum Gasteiger partial charge on any atom is -0.497 e. The fourth-order valence-electron chi connectivity index (χ4n) is 3.49. The van der Waals surface area contributed by atoms with Crippen molar-refractivity contribution in [3.05, 3.63) is 48.0 Å². The summed E-state index contributed by atoms with van der Waals surface area (Å²) < 4.78 is 16.1. The van der Waals surface area contributed by atoms with E-state index in [-0.39, 0.29) is 24.3 Å². The van der Waals surface area contributed by atoms with Crippen molar-refractivity contribution in [2.24, 2.45) is 0 Å². The Kier molecular flexibility index (Phi) is 7.17. The lowest BCUT2D eigenvalue weighted by molar-refractivity contribution is -0.123. The first-order valence-corrected chi connectivity index (χ1v) is 10.00. The summed E-state index contributed by atoms with van der Waals surface area (Å²) in [5.41, 5.74) is 1.69. The molecule has 0 radical (unpaired) electrons. The lowest BCUT2D eigenvalue weighted by Crippen LogP contribution is -2.46. The number of ether oxygens (including phenoxy) is 3. The average molecular weight is 412 g/mol. The molecular weight excluding hydrogens is 384 g/mol. The standard InChI is InChI=1S/C23H28N2O5/c1-16(26)17-4-9-21(22(14-17)29-3)30-15-23(27)24-18-10-12-25(13-11-18)19-5-7-20(28-2)8-6-19/h4-9,14,18H,10-13,15H2,1-3H3,(H,24,27). The highest BCUT2D eigenvalue weighted by Crippen LogP contribution is 2.28. The minimum atomic E-state index is -0.171. The number of anilines is 1. The van der Waals surface area contributed by atoms with Crippen molar-refractivity contribution in [3.63, 3.8) is 0 Å². The van der Waals surface area contributed by atoms with Crippen LogP contribution in [0.25, 0.3) is 0 Å². The van der Waals surface area contributed by atoms with Crippen LogP contribution >= 0.6 is 0 Å². The fourth-order valence-corrected chi connectivity index (χ4v) is 3.49. The molecule has 1 N–H and O–H groups in total. The van der Waals surface area contributed by atoms with Crippen LogP contribution in [0.1, 0.15) is 30.1 Å². The predicted octanol–water partition coefficient (Wildman–Crippen LogP) is 3.07. The van der Waals surface area contributed by atoms with Gasteiger partial charge in [0.1, 0.15) is 5.75 Å². The molecule has 0 spiro atoms. The van der Waals surface area contributed by atoms with Gasteiger partial charge in [-0.1, -0.05) is 0 Å². The number of piperidine rings is 1. The highest BCUT2D eigenvalue weighted by molar-refractivity contribution is 5.94. The SMILES string of the molecule is COc1ccc(N2CCC(NC(=O)COc3ccc(C(C)=O)cc3OC)CC2)cc1. The quantitative estimate of drug-likeness (QED) is 0.672. The molecule has 1 aliphatic rings. The maximum Gasteiger partial charge on any atom is 0.258 e. The number of nitrogens with one attached hydrogen (secondary N) is 1. The van der Waals surface area contributed by atoms with Gasteiger partial charge < -0.3 is 24.4 Å². The van der Waals surface area contributed by atoms with Crippen LogP contribution in [0.3, 0.4) is 0 Å². The topological polar surface area (TPSA) is 77.1 Å². The van der Waals surface area contributed by atoms with E-state index in [1.807, 2.05) is 12.1 Å². The van der Waals surface area contributed by atoms with Gasteiger partial charge >= 0.3 is 0 Å². The third-order valence-electron chi connectivity index (χ3n) is 5.23. The summed E-state index contributed by atoms with van der Waals surface area (Å²) >= 11 is 0. The van der Waals surface area contributed by atoms with Crippen LogP contribution in [0.15, 0.2) is 42.5 Å². The number of ketones is 1. The van der Waals surface area contributed by atoms with Gasteiger partial charge in [0.25, 0.3) is 5.91 Å². The van der Waals surface area contributed by atoms with Gasteiger partial charge in [-0.3, -0.25) is 9.59 Å². The van der Waals surface area contributed by atoms with Crippen molar-refractivity contribution >= 4 is 17.4 Å². The molecule has 160 valence electrons. The maximum absolute atomic E-state index is 12.3. The van der Waals surface area contributed by atoms with Crippen molar-refractivity contribution in [2.75, 3.05) is 38.8 Å². The van der Waals surface area contributed by atoms with Gasteiger partial charge in [-0.25, -0.2) is 0 Å². The Labute approximate surface area is 176 Å². The van der Waals surface area contributed by atoms with Gasteiger partial charge in [0.15, 0.2) is 23.9 Å². The van der Waals surface area contributed by atoms with Gasteiger partial charge in [0, 0.05) is 30.4 Å². The van der Waals surface area contributed by atoms with Crippen molar-refractivity contribution < 1.29 is 23.8 Å². The molecule has 7 nitrogen and oxygen atoms in total. The number of amides is 1. The normalized spacial score (nSPS) is 14.2. The summed E-state index contributed by atoms with van der Waals surface area (Å²) in [4.78, 5) is 26.1. The van der Waals surface area contributed by atoms with Crippen LogP contribution in [0.2, 0.25) is 0 Å². The van der Waals surface area contributed by atoms with Gasteiger partial charge in [0.2, 0.25) is 0 Å². The van der Waals surface area contributed by atoms with Gasteiger partial charge in [-0.2, -0.15) is 0 Å². The van der Waals surface area contributed by atoms with Crippen molar-refractivity contribution in [1.82, 2.24) is 5.32 Å². The largest absolute Gasteiger partial charge is 0.497 e. The zero-order valence-electron chi connectivity index (χ0n) is 17.6. The monoisotopic (exact) mass is 412 g/mol. The molecule has 0 saturated carbocycles. The molecule has 7 heteroatoms. The van der Waals surface area contributed by atoms with E-state index in [1.54, 1.807) is 25.3 Å². The van der Waals surface area contributed by atoms with E-state index in [2.05, 4.69) is 22.3 Å². The first kappa shape index (κ1) is 21.5. The third kappa shape index (κ3) is 5.43. The average Bonchev–Trinajstić information content (AvgIpc) is 2.78. The highest BCUT2D eigenvalue weighted by Gasteiger charge is 2.21. The zero-order valence-corrected chi connectivity index (χ0v) is 17.6. The van der Waals surface area contributed by atoms with E-state index in [9.17, 15) is 9.59 Å². The first-order chi connectivity index (χ1) is 14.5. The number of carbonyl (C=O) groups excluding carboxylic acids is 2. The molecule has 2 aromatic rings. The van der Waals surface area contributed by atoms with E-state index in [0.717, 1.165) is 37.4 Å². The van der Waals surface area contributed by atoms with Crippen molar-refractivity contribution in [3.8, 4) is 17.2 Å². The molecule has 3 rings (SSSR count). The highest BCUT2D eigenvalue weighted by atomic mass is 16.5.